The molecule has 0 bridgehead atoms. The van der Waals surface area contributed by atoms with Gasteiger partial charge in [0.05, 0.1) is 16.9 Å². The van der Waals surface area contributed by atoms with Crippen LogP contribution in [0.3, 0.4) is 0 Å². The fourth-order valence-electron chi connectivity index (χ4n) is 1.98. The number of aromatic carboxylic acids is 1. The number of benzene rings is 1. The molecule has 2 aromatic rings. The van der Waals surface area contributed by atoms with Crippen LogP contribution in [-0.2, 0) is 12.5 Å². The molecule has 6 nitrogen and oxygen atoms in total. The largest absolute Gasteiger partial charge is 0.478 e. The number of rotatable bonds is 3. The number of carboxylic acids is 1. The first-order chi connectivity index (χ1) is 10.6. The van der Waals surface area contributed by atoms with E-state index in [1.807, 2.05) is 20.8 Å². The topological polar surface area (TPSA) is 84.2 Å². The van der Waals surface area contributed by atoms with Crippen LogP contribution in [0.1, 0.15) is 47.3 Å². The van der Waals surface area contributed by atoms with Crippen molar-refractivity contribution in [2.75, 3.05) is 5.32 Å². The van der Waals surface area contributed by atoms with E-state index in [0.717, 1.165) is 11.8 Å². The van der Waals surface area contributed by atoms with Gasteiger partial charge in [-0.3, -0.25) is 9.48 Å². The summed E-state index contributed by atoms with van der Waals surface area (Å²) in [4.78, 5) is 23.1. The smallest absolute Gasteiger partial charge is 0.335 e. The number of carboxylic acid groups (broad SMARTS) is 1. The van der Waals surface area contributed by atoms with E-state index in [4.69, 9.17) is 5.11 Å². The van der Waals surface area contributed by atoms with E-state index in [1.165, 1.54) is 16.8 Å². The molecular formula is C16H18FN3O3. The molecule has 0 aliphatic rings. The highest BCUT2D eigenvalue weighted by Crippen LogP contribution is 2.22. The summed E-state index contributed by atoms with van der Waals surface area (Å²) < 4.78 is 15.3. The SMILES string of the molecule is Cn1nc(C(C)(C)C)cc1C(=O)Nc1ccc(C(=O)O)cc1F. The zero-order valence-electron chi connectivity index (χ0n) is 13.3. The lowest BCUT2D eigenvalue weighted by atomic mass is 9.92. The van der Waals surface area contributed by atoms with Crippen molar-refractivity contribution in [2.45, 2.75) is 26.2 Å². The molecular weight excluding hydrogens is 301 g/mol. The van der Waals surface area contributed by atoms with Crippen LogP contribution >= 0.6 is 0 Å². The Hall–Kier alpha value is -2.70. The number of aryl methyl sites for hydroxylation is 1. The van der Waals surface area contributed by atoms with E-state index >= 15 is 0 Å². The molecule has 0 saturated carbocycles. The first-order valence-corrected chi connectivity index (χ1v) is 6.98. The molecule has 0 fully saturated rings. The lowest BCUT2D eigenvalue weighted by molar-refractivity contribution is 0.0696. The van der Waals surface area contributed by atoms with Gasteiger partial charge in [0.15, 0.2) is 0 Å². The summed E-state index contributed by atoms with van der Waals surface area (Å²) >= 11 is 0. The molecule has 122 valence electrons. The van der Waals surface area contributed by atoms with Crippen LogP contribution in [0.2, 0.25) is 0 Å². The number of hydrogen-bond acceptors (Lipinski definition) is 3. The lowest BCUT2D eigenvalue weighted by Crippen LogP contribution is -2.17. The van der Waals surface area contributed by atoms with E-state index in [-0.39, 0.29) is 22.4 Å². The van der Waals surface area contributed by atoms with Gasteiger partial charge < -0.3 is 10.4 Å². The second-order valence-electron chi connectivity index (χ2n) is 6.24. The number of halogens is 1. The van der Waals surface area contributed by atoms with E-state index in [9.17, 15) is 14.0 Å². The van der Waals surface area contributed by atoms with Crippen LogP contribution in [-0.4, -0.2) is 26.8 Å². The summed E-state index contributed by atoms with van der Waals surface area (Å²) in [5, 5.41) is 15.5. The predicted molar refractivity (Wildman–Crippen MR) is 83.2 cm³/mol. The van der Waals surface area contributed by atoms with Crippen molar-refractivity contribution in [1.29, 1.82) is 0 Å². The minimum Gasteiger partial charge on any atom is -0.478 e. The molecule has 0 spiro atoms. The zero-order chi connectivity index (χ0) is 17.4. The summed E-state index contributed by atoms with van der Waals surface area (Å²) in [7, 11) is 1.63. The molecule has 1 aromatic heterocycles. The van der Waals surface area contributed by atoms with Gasteiger partial charge in [-0.25, -0.2) is 9.18 Å². The fourth-order valence-corrected chi connectivity index (χ4v) is 1.98. The molecule has 0 aliphatic heterocycles. The van der Waals surface area contributed by atoms with Gasteiger partial charge in [0.1, 0.15) is 11.5 Å². The highest BCUT2D eigenvalue weighted by atomic mass is 19.1. The number of carbonyl (C=O) groups excluding carboxylic acids is 1. The Balaban J connectivity index is 2.26. The van der Waals surface area contributed by atoms with Crippen LogP contribution in [0, 0.1) is 5.82 Å². The van der Waals surface area contributed by atoms with Gasteiger partial charge in [-0.05, 0) is 24.3 Å². The standard InChI is InChI=1S/C16H18FN3O3/c1-16(2,3)13-8-12(20(4)19-13)14(21)18-11-6-5-9(15(22)23)7-10(11)17/h5-8H,1-4H3,(H,18,21)(H,22,23). The van der Waals surface area contributed by atoms with Crippen molar-refractivity contribution in [3.05, 3.63) is 47.0 Å². The fraction of sp³-hybridized carbons (Fsp3) is 0.312. The summed E-state index contributed by atoms with van der Waals surface area (Å²) in [6.45, 7) is 5.92. The number of nitrogens with zero attached hydrogens (tertiary/aromatic N) is 2. The lowest BCUT2D eigenvalue weighted by Gasteiger charge is -2.13. The molecule has 1 heterocycles. The number of hydrogen-bond donors (Lipinski definition) is 2. The third-order valence-electron chi connectivity index (χ3n) is 3.35. The summed E-state index contributed by atoms with van der Waals surface area (Å²) in [6.07, 6.45) is 0. The predicted octanol–water partition coefficient (Wildman–Crippen LogP) is 2.81. The highest BCUT2D eigenvalue weighted by Gasteiger charge is 2.22. The average Bonchev–Trinajstić information content (AvgIpc) is 2.83. The Morgan fingerprint density at radius 2 is 1.91 bits per heavy atom. The molecule has 0 saturated heterocycles. The van der Waals surface area contributed by atoms with Crippen molar-refractivity contribution in [2.24, 2.45) is 7.05 Å². The maximum atomic E-state index is 13.9. The number of aromatic nitrogens is 2. The summed E-state index contributed by atoms with van der Waals surface area (Å²) in [5.74, 6) is -2.56. The summed E-state index contributed by atoms with van der Waals surface area (Å²) in [6, 6.07) is 4.96. The monoisotopic (exact) mass is 319 g/mol. The van der Waals surface area contributed by atoms with Crippen molar-refractivity contribution in [3.63, 3.8) is 0 Å². The van der Waals surface area contributed by atoms with Crippen molar-refractivity contribution in [3.8, 4) is 0 Å². The van der Waals surface area contributed by atoms with E-state index in [0.29, 0.717) is 0 Å². The first kappa shape index (κ1) is 16.7. The van der Waals surface area contributed by atoms with Crippen molar-refractivity contribution in [1.82, 2.24) is 9.78 Å². The second kappa shape index (κ2) is 5.83. The van der Waals surface area contributed by atoms with E-state index < -0.39 is 17.7 Å². The van der Waals surface area contributed by atoms with Gasteiger partial charge >= 0.3 is 5.97 Å². The van der Waals surface area contributed by atoms with E-state index in [1.54, 1.807) is 13.1 Å². The molecule has 23 heavy (non-hydrogen) atoms. The summed E-state index contributed by atoms with van der Waals surface area (Å²) in [5.41, 5.74) is 0.544. The number of anilines is 1. The van der Waals surface area contributed by atoms with Gasteiger partial charge in [-0.15, -0.1) is 0 Å². The molecule has 1 amide bonds. The van der Waals surface area contributed by atoms with Crippen LogP contribution < -0.4 is 5.32 Å². The Morgan fingerprint density at radius 1 is 1.26 bits per heavy atom. The molecule has 0 radical (unpaired) electrons. The third-order valence-corrected chi connectivity index (χ3v) is 3.35. The second-order valence-corrected chi connectivity index (χ2v) is 6.24. The van der Waals surface area contributed by atoms with Gasteiger partial charge in [0.2, 0.25) is 0 Å². The van der Waals surface area contributed by atoms with Gasteiger partial charge in [0, 0.05) is 12.5 Å². The maximum absolute atomic E-state index is 13.9. The van der Waals surface area contributed by atoms with Gasteiger partial charge in [-0.1, -0.05) is 20.8 Å². The van der Waals surface area contributed by atoms with Crippen LogP contribution in [0.4, 0.5) is 10.1 Å². The van der Waals surface area contributed by atoms with E-state index in [2.05, 4.69) is 10.4 Å². The minimum atomic E-state index is -1.23. The Kier molecular flexibility index (Phi) is 4.22. The molecule has 2 rings (SSSR count). The average molecular weight is 319 g/mol. The van der Waals surface area contributed by atoms with Gasteiger partial charge in [-0.2, -0.15) is 5.10 Å². The zero-order valence-corrected chi connectivity index (χ0v) is 13.3. The van der Waals surface area contributed by atoms with Crippen LogP contribution in [0.25, 0.3) is 0 Å². The normalized spacial score (nSPS) is 11.3. The molecule has 2 N–H and O–H groups in total. The van der Waals surface area contributed by atoms with Crippen LogP contribution in [0.5, 0.6) is 0 Å². The quantitative estimate of drug-likeness (QED) is 0.911. The minimum absolute atomic E-state index is 0.0847. The molecule has 0 atom stereocenters. The number of nitrogens with one attached hydrogen (secondary N) is 1. The highest BCUT2D eigenvalue weighted by molar-refractivity contribution is 6.03. The third kappa shape index (κ3) is 3.56. The van der Waals surface area contributed by atoms with Crippen LogP contribution in [0.15, 0.2) is 24.3 Å². The molecule has 7 heteroatoms. The maximum Gasteiger partial charge on any atom is 0.335 e. The molecule has 0 aliphatic carbocycles. The van der Waals surface area contributed by atoms with Crippen molar-refractivity contribution < 1.29 is 19.1 Å². The van der Waals surface area contributed by atoms with Gasteiger partial charge in [0.25, 0.3) is 5.91 Å². The Bertz CT molecular complexity index is 775. The molecule has 1 aromatic carbocycles. The Morgan fingerprint density at radius 3 is 2.39 bits per heavy atom. The number of amides is 1. The molecule has 0 unspecified atom stereocenters. The number of carbonyl (C=O) groups is 2. The van der Waals surface area contributed by atoms with Crippen molar-refractivity contribution >= 4 is 17.6 Å². The first-order valence-electron chi connectivity index (χ1n) is 6.98. The Labute approximate surface area is 132 Å².